The summed E-state index contributed by atoms with van der Waals surface area (Å²) in [6.07, 6.45) is 44.4. The van der Waals surface area contributed by atoms with Gasteiger partial charge in [0.25, 0.3) is 0 Å². The van der Waals surface area contributed by atoms with Gasteiger partial charge in [-0.2, -0.15) is 0 Å². The second-order valence-electron chi connectivity index (χ2n) is 14.2. The topological polar surface area (TPSA) is 63.6 Å². The van der Waals surface area contributed by atoms with Crippen LogP contribution >= 0.6 is 0 Å². The average molecular weight is 637 g/mol. The Labute approximate surface area is 282 Å². The van der Waals surface area contributed by atoms with Crippen molar-refractivity contribution in [2.45, 2.75) is 251 Å². The highest BCUT2D eigenvalue weighted by Gasteiger charge is 2.14. The van der Waals surface area contributed by atoms with Crippen molar-refractivity contribution in [1.29, 1.82) is 0 Å². The van der Waals surface area contributed by atoms with Crippen molar-refractivity contribution in [2.24, 2.45) is 0 Å². The number of ether oxygens (including phenoxy) is 1. The first-order valence-corrected chi connectivity index (χ1v) is 20.5. The number of carbonyl (C=O) groups is 2. The quantitative estimate of drug-likeness (QED) is 0.0541. The predicted molar refractivity (Wildman–Crippen MR) is 195 cm³/mol. The molecule has 45 heavy (non-hydrogen) atoms. The van der Waals surface area contributed by atoms with E-state index < -0.39 is 5.97 Å². The van der Waals surface area contributed by atoms with Crippen LogP contribution in [0, 0.1) is 0 Å². The maximum Gasteiger partial charge on any atom is 0.306 e. The molecule has 0 aliphatic heterocycles. The number of hydrogen-bond acceptors (Lipinski definition) is 3. The van der Waals surface area contributed by atoms with Gasteiger partial charge >= 0.3 is 11.9 Å². The Hall–Kier alpha value is -1.06. The van der Waals surface area contributed by atoms with Crippen LogP contribution in [0.2, 0.25) is 0 Å². The van der Waals surface area contributed by atoms with Gasteiger partial charge in [0.2, 0.25) is 0 Å². The lowest BCUT2D eigenvalue weighted by atomic mass is 10.0. The van der Waals surface area contributed by atoms with E-state index in [4.69, 9.17) is 9.84 Å². The number of unbranched alkanes of at least 4 members (excludes halogenated alkanes) is 29. The second-order valence-corrected chi connectivity index (χ2v) is 14.2. The largest absolute Gasteiger partial charge is 0.481 e. The third-order valence-electron chi connectivity index (χ3n) is 9.58. The highest BCUT2D eigenvalue weighted by molar-refractivity contribution is 5.69. The van der Waals surface area contributed by atoms with Crippen LogP contribution in [0.3, 0.4) is 0 Å². The van der Waals surface area contributed by atoms with Gasteiger partial charge in [-0.3, -0.25) is 9.59 Å². The minimum absolute atomic E-state index is 0.0139. The first-order valence-electron chi connectivity index (χ1n) is 20.5. The van der Waals surface area contributed by atoms with Gasteiger partial charge in [0.15, 0.2) is 0 Å². The molecule has 268 valence electrons. The number of rotatable bonds is 38. The number of aliphatic carboxylic acids is 1. The molecule has 0 aromatic heterocycles. The van der Waals surface area contributed by atoms with Crippen LogP contribution in [0.5, 0.6) is 0 Å². The van der Waals surface area contributed by atoms with Crippen molar-refractivity contribution < 1.29 is 19.4 Å². The van der Waals surface area contributed by atoms with Crippen molar-refractivity contribution in [1.82, 2.24) is 0 Å². The van der Waals surface area contributed by atoms with E-state index in [0.29, 0.717) is 6.42 Å². The van der Waals surface area contributed by atoms with Crippen LogP contribution in [0.15, 0.2) is 0 Å². The van der Waals surface area contributed by atoms with Gasteiger partial charge in [0.05, 0.1) is 0 Å². The number of hydrogen-bond donors (Lipinski definition) is 1. The molecule has 0 rings (SSSR count). The maximum atomic E-state index is 12.6. The zero-order chi connectivity index (χ0) is 32.9. The predicted octanol–water partition coefficient (Wildman–Crippen LogP) is 14.1. The van der Waals surface area contributed by atoms with Crippen LogP contribution in [0.4, 0.5) is 0 Å². The molecule has 4 heteroatoms. The molecule has 0 fully saturated rings. The molecule has 0 aromatic carbocycles. The number of carboxylic acids is 1. The molecule has 0 aliphatic rings. The zero-order valence-electron chi connectivity index (χ0n) is 30.7. The number of esters is 1. The molecule has 0 amide bonds. The zero-order valence-corrected chi connectivity index (χ0v) is 30.7. The lowest BCUT2D eigenvalue weighted by Gasteiger charge is -2.18. The van der Waals surface area contributed by atoms with Crippen molar-refractivity contribution in [3.63, 3.8) is 0 Å². The smallest absolute Gasteiger partial charge is 0.306 e. The molecule has 0 radical (unpaired) electrons. The van der Waals surface area contributed by atoms with Crippen molar-refractivity contribution in [3.8, 4) is 0 Å². The Morgan fingerprint density at radius 1 is 0.400 bits per heavy atom. The fourth-order valence-electron chi connectivity index (χ4n) is 6.54. The summed E-state index contributed by atoms with van der Waals surface area (Å²) >= 11 is 0. The summed E-state index contributed by atoms with van der Waals surface area (Å²) in [5.74, 6) is -0.677. The Kier molecular flexibility index (Phi) is 36.5. The van der Waals surface area contributed by atoms with Crippen LogP contribution in [-0.4, -0.2) is 23.1 Å². The monoisotopic (exact) mass is 637 g/mol. The van der Waals surface area contributed by atoms with Crippen LogP contribution in [-0.2, 0) is 14.3 Å². The Balaban J connectivity index is 3.68. The van der Waals surface area contributed by atoms with E-state index in [-0.39, 0.29) is 18.5 Å². The Morgan fingerprint density at radius 3 is 0.978 bits per heavy atom. The molecule has 0 saturated carbocycles. The van der Waals surface area contributed by atoms with Crippen molar-refractivity contribution in [2.75, 3.05) is 0 Å². The maximum absolute atomic E-state index is 12.6. The van der Waals surface area contributed by atoms with Crippen LogP contribution in [0.25, 0.3) is 0 Å². The molecule has 1 unspecified atom stereocenters. The molecule has 0 aromatic rings. The van der Waals surface area contributed by atoms with Crippen molar-refractivity contribution in [3.05, 3.63) is 0 Å². The fraction of sp³-hybridized carbons (Fsp3) is 0.951. The molecule has 0 bridgehead atoms. The highest BCUT2D eigenvalue weighted by atomic mass is 16.5. The molecule has 0 spiro atoms. The van der Waals surface area contributed by atoms with Gasteiger partial charge < -0.3 is 9.84 Å². The standard InChI is InChI=1S/C41H80O4/c1-3-5-7-9-10-11-12-13-14-15-16-17-18-19-20-21-22-23-24-30-34-38-41(44)45-39(35-31-27-8-6-4-2)36-32-28-25-26-29-33-37-40(42)43/h39H,3-38H2,1-2H3,(H,42,43). The Morgan fingerprint density at radius 2 is 0.667 bits per heavy atom. The summed E-state index contributed by atoms with van der Waals surface area (Å²) in [5.41, 5.74) is 0. The normalized spacial score (nSPS) is 12.0. The summed E-state index contributed by atoms with van der Waals surface area (Å²) < 4.78 is 5.97. The van der Waals surface area contributed by atoms with E-state index in [1.165, 1.54) is 148 Å². The van der Waals surface area contributed by atoms with E-state index in [1.54, 1.807) is 0 Å². The van der Waals surface area contributed by atoms with Gasteiger partial charge in [-0.15, -0.1) is 0 Å². The van der Waals surface area contributed by atoms with Gasteiger partial charge in [-0.1, -0.05) is 194 Å². The lowest BCUT2D eigenvalue weighted by molar-refractivity contribution is -0.150. The SMILES string of the molecule is CCCCCCCCCCCCCCCCCCCCCCCC(=O)OC(CCCCCCC)CCCCCCCCC(=O)O. The fourth-order valence-corrected chi connectivity index (χ4v) is 6.54. The summed E-state index contributed by atoms with van der Waals surface area (Å²) in [6.45, 7) is 4.54. The minimum Gasteiger partial charge on any atom is -0.481 e. The summed E-state index contributed by atoms with van der Waals surface area (Å²) in [5, 5.41) is 8.75. The van der Waals surface area contributed by atoms with E-state index >= 15 is 0 Å². The molecule has 0 heterocycles. The van der Waals surface area contributed by atoms with Gasteiger partial charge in [0, 0.05) is 12.8 Å². The molecule has 1 atom stereocenters. The van der Waals surface area contributed by atoms with E-state index in [1.807, 2.05) is 0 Å². The summed E-state index contributed by atoms with van der Waals surface area (Å²) in [7, 11) is 0. The third kappa shape index (κ3) is 37.3. The number of carboxylic acid groups (broad SMARTS) is 1. The highest BCUT2D eigenvalue weighted by Crippen LogP contribution is 2.19. The first-order chi connectivity index (χ1) is 22.1. The van der Waals surface area contributed by atoms with E-state index in [2.05, 4.69) is 13.8 Å². The average Bonchev–Trinajstić information content (AvgIpc) is 3.02. The van der Waals surface area contributed by atoms with E-state index in [9.17, 15) is 9.59 Å². The molecule has 4 nitrogen and oxygen atoms in total. The third-order valence-corrected chi connectivity index (χ3v) is 9.58. The molecule has 0 saturated heterocycles. The molecule has 0 aliphatic carbocycles. The van der Waals surface area contributed by atoms with E-state index in [0.717, 1.165) is 70.6 Å². The molecule has 1 N–H and O–H groups in total. The lowest BCUT2D eigenvalue weighted by Crippen LogP contribution is -2.18. The van der Waals surface area contributed by atoms with Crippen molar-refractivity contribution >= 4 is 11.9 Å². The molecular formula is C41H80O4. The first kappa shape index (κ1) is 43.9. The Bertz CT molecular complexity index is 604. The minimum atomic E-state index is -0.691. The van der Waals surface area contributed by atoms with Gasteiger partial charge in [-0.25, -0.2) is 0 Å². The van der Waals surface area contributed by atoms with Gasteiger partial charge in [-0.05, 0) is 38.5 Å². The van der Waals surface area contributed by atoms with Crippen LogP contribution < -0.4 is 0 Å². The summed E-state index contributed by atoms with van der Waals surface area (Å²) in [4.78, 5) is 23.2. The van der Waals surface area contributed by atoms with Gasteiger partial charge in [0.1, 0.15) is 6.10 Å². The summed E-state index contributed by atoms with van der Waals surface area (Å²) in [6, 6.07) is 0. The number of carbonyl (C=O) groups excluding carboxylic acids is 1. The van der Waals surface area contributed by atoms with Crippen LogP contribution in [0.1, 0.15) is 245 Å². The molecular weight excluding hydrogens is 556 g/mol. The second kappa shape index (κ2) is 37.4.